The fourth-order valence-corrected chi connectivity index (χ4v) is 2.34. The number of amides is 1. The first-order valence-corrected chi connectivity index (χ1v) is 7.15. The van der Waals surface area contributed by atoms with Crippen LogP contribution >= 0.6 is 12.2 Å². The molecule has 1 rings (SSSR count). The lowest BCUT2D eigenvalue weighted by Crippen LogP contribution is -2.52. The number of thiocarbonyl (C=S) groups is 1. The van der Waals surface area contributed by atoms with Crippen LogP contribution in [-0.4, -0.2) is 42.0 Å². The number of nitrogens with one attached hydrogen (secondary N) is 2. The van der Waals surface area contributed by atoms with E-state index >= 15 is 0 Å². The minimum absolute atomic E-state index is 0.0642. The number of alkyl halides is 2. The van der Waals surface area contributed by atoms with Crippen molar-refractivity contribution in [3.8, 4) is 0 Å². The van der Waals surface area contributed by atoms with Crippen LogP contribution in [0.1, 0.15) is 40.0 Å². The van der Waals surface area contributed by atoms with Crippen molar-refractivity contribution in [2.75, 3.05) is 7.11 Å². The second kappa shape index (κ2) is 6.83. The van der Waals surface area contributed by atoms with Gasteiger partial charge in [0.25, 0.3) is 5.92 Å². The van der Waals surface area contributed by atoms with Crippen LogP contribution in [0.5, 0.6) is 0 Å². The molecule has 2 atom stereocenters. The summed E-state index contributed by atoms with van der Waals surface area (Å²) >= 11 is 4.98. The van der Waals surface area contributed by atoms with E-state index in [1.54, 1.807) is 20.8 Å². The maximum absolute atomic E-state index is 13.5. The number of carbonyl (C=O) groups is 1. The van der Waals surface area contributed by atoms with Gasteiger partial charge >= 0.3 is 6.09 Å². The fraction of sp³-hybridized carbons (Fsp3) is 0.846. The number of hydrogen-bond acceptors (Lipinski definition) is 4. The molecule has 0 saturated heterocycles. The Balaban J connectivity index is 2.44. The molecular formula is C13H22F2N2O3S. The number of ether oxygens (including phenoxy) is 2. The fourth-order valence-electron chi connectivity index (χ4n) is 2.09. The lowest BCUT2D eigenvalue weighted by atomic mass is 9.89. The van der Waals surface area contributed by atoms with Crippen LogP contribution in [0, 0.1) is 0 Å². The second-order valence-corrected chi connectivity index (χ2v) is 6.47. The van der Waals surface area contributed by atoms with Gasteiger partial charge in [-0.15, -0.1) is 0 Å². The molecule has 21 heavy (non-hydrogen) atoms. The number of methoxy groups -OCH3 is 1. The predicted molar refractivity (Wildman–Crippen MR) is 78.5 cm³/mol. The van der Waals surface area contributed by atoms with Gasteiger partial charge < -0.3 is 14.8 Å². The van der Waals surface area contributed by atoms with Crippen LogP contribution in [0.4, 0.5) is 13.6 Å². The number of halogens is 2. The van der Waals surface area contributed by atoms with Crippen LogP contribution in [0.2, 0.25) is 0 Å². The van der Waals surface area contributed by atoms with Crippen molar-refractivity contribution >= 4 is 23.4 Å². The summed E-state index contributed by atoms with van der Waals surface area (Å²) in [5, 5.41) is 5.28. The Hall–Kier alpha value is -1.02. The lowest BCUT2D eigenvalue weighted by Gasteiger charge is -2.35. The zero-order valence-electron chi connectivity index (χ0n) is 12.7. The lowest BCUT2D eigenvalue weighted by molar-refractivity contribution is -0.149. The molecule has 1 aliphatic rings. The van der Waals surface area contributed by atoms with Crippen LogP contribution in [0.25, 0.3) is 0 Å². The van der Waals surface area contributed by atoms with Crippen molar-refractivity contribution in [1.29, 1.82) is 0 Å². The average molecular weight is 324 g/mol. The molecule has 0 aromatic rings. The summed E-state index contributed by atoms with van der Waals surface area (Å²) in [5.74, 6) is -2.83. The summed E-state index contributed by atoms with van der Waals surface area (Å²) in [7, 11) is 1.26. The van der Waals surface area contributed by atoms with E-state index in [0.29, 0.717) is 0 Å². The molecule has 122 valence electrons. The zero-order chi connectivity index (χ0) is 16.3. The Morgan fingerprint density at radius 3 is 2.52 bits per heavy atom. The van der Waals surface area contributed by atoms with Gasteiger partial charge in [-0.25, -0.2) is 13.6 Å². The molecule has 0 heterocycles. The predicted octanol–water partition coefficient (Wildman–Crippen LogP) is 2.59. The Labute approximate surface area is 128 Å². The highest BCUT2D eigenvalue weighted by atomic mass is 32.1. The molecule has 1 amide bonds. The van der Waals surface area contributed by atoms with Gasteiger partial charge in [0.2, 0.25) is 0 Å². The molecule has 1 fully saturated rings. The zero-order valence-corrected chi connectivity index (χ0v) is 13.5. The summed E-state index contributed by atoms with van der Waals surface area (Å²) in [4.78, 5) is 11.5. The third-order valence-electron chi connectivity index (χ3n) is 3.03. The van der Waals surface area contributed by atoms with E-state index in [4.69, 9.17) is 21.7 Å². The third-order valence-corrected chi connectivity index (χ3v) is 3.25. The van der Waals surface area contributed by atoms with Crippen molar-refractivity contribution in [2.45, 2.75) is 63.7 Å². The summed E-state index contributed by atoms with van der Waals surface area (Å²) in [6.45, 7) is 5.19. The maximum Gasteiger partial charge on any atom is 0.413 e. The highest BCUT2D eigenvalue weighted by molar-refractivity contribution is 7.80. The van der Waals surface area contributed by atoms with E-state index < -0.39 is 23.7 Å². The SMILES string of the molecule is CO[C@@H]1C[C@H](NC(=S)NC(=O)OC(C)(C)C)CCC1(F)F. The number of hydrogen-bond donors (Lipinski definition) is 2. The average Bonchev–Trinajstić information content (AvgIpc) is 2.28. The van der Waals surface area contributed by atoms with Gasteiger partial charge in [-0.2, -0.15) is 0 Å². The molecule has 0 aromatic carbocycles. The maximum atomic E-state index is 13.5. The molecular weight excluding hydrogens is 302 g/mol. The van der Waals surface area contributed by atoms with Crippen LogP contribution < -0.4 is 10.6 Å². The minimum Gasteiger partial charge on any atom is -0.444 e. The molecule has 5 nitrogen and oxygen atoms in total. The third kappa shape index (κ3) is 6.09. The molecule has 0 radical (unpaired) electrons. The standard InChI is InChI=1S/C13H22F2N2O3S/c1-12(2,3)20-11(18)17-10(21)16-8-5-6-13(14,15)9(7-8)19-4/h8-9H,5-7H2,1-4H3,(H2,16,17,18,21)/t8-,9-/m1/s1. The first-order valence-electron chi connectivity index (χ1n) is 6.74. The normalized spacial score (nSPS) is 25.0. The largest absolute Gasteiger partial charge is 0.444 e. The quantitative estimate of drug-likeness (QED) is 0.765. The van der Waals surface area contributed by atoms with Gasteiger partial charge in [0.15, 0.2) is 5.11 Å². The van der Waals surface area contributed by atoms with Gasteiger partial charge in [-0.1, -0.05) is 0 Å². The topological polar surface area (TPSA) is 59.6 Å². The molecule has 2 N–H and O–H groups in total. The minimum atomic E-state index is -2.83. The molecule has 8 heteroatoms. The van der Waals surface area contributed by atoms with Crippen molar-refractivity contribution in [2.24, 2.45) is 0 Å². The van der Waals surface area contributed by atoms with Gasteiger partial charge in [-0.3, -0.25) is 5.32 Å². The molecule has 0 aromatic heterocycles. The first-order chi connectivity index (χ1) is 9.53. The Kier molecular flexibility index (Phi) is 5.86. The molecule has 1 aliphatic carbocycles. The van der Waals surface area contributed by atoms with Gasteiger partial charge in [0.05, 0.1) is 0 Å². The summed E-state index contributed by atoms with van der Waals surface area (Å²) < 4.78 is 36.9. The van der Waals surface area contributed by atoms with E-state index in [2.05, 4.69) is 10.6 Å². The molecule has 1 saturated carbocycles. The highest BCUT2D eigenvalue weighted by Gasteiger charge is 2.45. The molecule has 0 bridgehead atoms. The number of carbonyl (C=O) groups excluding carboxylic acids is 1. The van der Waals surface area contributed by atoms with Crippen molar-refractivity contribution in [3.05, 3.63) is 0 Å². The van der Waals surface area contributed by atoms with Crippen LogP contribution in [0.3, 0.4) is 0 Å². The highest BCUT2D eigenvalue weighted by Crippen LogP contribution is 2.35. The molecule has 0 aliphatic heterocycles. The van der Waals surface area contributed by atoms with E-state index in [-0.39, 0.29) is 30.4 Å². The van der Waals surface area contributed by atoms with Crippen molar-refractivity contribution < 1.29 is 23.0 Å². The van der Waals surface area contributed by atoms with Gasteiger partial charge in [-0.05, 0) is 45.8 Å². The van der Waals surface area contributed by atoms with Gasteiger partial charge in [0.1, 0.15) is 11.7 Å². The van der Waals surface area contributed by atoms with E-state index in [9.17, 15) is 13.6 Å². The smallest absolute Gasteiger partial charge is 0.413 e. The second-order valence-electron chi connectivity index (χ2n) is 6.06. The number of alkyl carbamates (subject to hydrolysis) is 1. The summed E-state index contributed by atoms with van der Waals surface area (Å²) in [5.41, 5.74) is -0.631. The van der Waals surface area contributed by atoms with E-state index in [1.807, 2.05) is 0 Å². The Morgan fingerprint density at radius 2 is 2.00 bits per heavy atom. The first kappa shape index (κ1) is 18.0. The Bertz CT molecular complexity index is 399. The summed E-state index contributed by atoms with van der Waals surface area (Å²) in [6, 6.07) is -0.267. The molecule has 0 unspecified atom stereocenters. The molecule has 0 spiro atoms. The summed E-state index contributed by atoms with van der Waals surface area (Å²) in [6.07, 6.45) is -1.72. The van der Waals surface area contributed by atoms with E-state index in [1.165, 1.54) is 7.11 Å². The van der Waals surface area contributed by atoms with Crippen molar-refractivity contribution in [3.63, 3.8) is 0 Å². The van der Waals surface area contributed by atoms with Gasteiger partial charge in [0, 0.05) is 19.6 Å². The number of rotatable bonds is 2. The van der Waals surface area contributed by atoms with Crippen molar-refractivity contribution in [1.82, 2.24) is 10.6 Å². The monoisotopic (exact) mass is 324 g/mol. The van der Waals surface area contributed by atoms with Crippen LogP contribution in [0.15, 0.2) is 0 Å². The van der Waals surface area contributed by atoms with Crippen LogP contribution in [-0.2, 0) is 9.47 Å². The Morgan fingerprint density at radius 1 is 1.38 bits per heavy atom. The van der Waals surface area contributed by atoms with E-state index in [0.717, 1.165) is 0 Å².